The Morgan fingerprint density at radius 3 is 2.32 bits per heavy atom. The number of aryl methyl sites for hydroxylation is 4. The minimum Gasteiger partial charge on any atom is -0.349 e. The molecule has 22 heavy (non-hydrogen) atoms. The van der Waals surface area contributed by atoms with E-state index in [9.17, 15) is 4.79 Å². The van der Waals surface area contributed by atoms with Gasteiger partial charge >= 0.3 is 0 Å². The first kappa shape index (κ1) is 16.3. The van der Waals surface area contributed by atoms with Gasteiger partial charge in [-0.2, -0.15) is 0 Å². The molecule has 2 heteroatoms. The molecule has 0 aliphatic rings. The van der Waals surface area contributed by atoms with Gasteiger partial charge in [-0.05, 0) is 62.4 Å². The van der Waals surface area contributed by atoms with Crippen LogP contribution in [0.1, 0.15) is 46.3 Å². The maximum Gasteiger partial charge on any atom is 0.224 e. The molecule has 2 nitrogen and oxygen atoms in total. The summed E-state index contributed by atoms with van der Waals surface area (Å²) in [5.41, 5.74) is 7.20. The van der Waals surface area contributed by atoms with Crippen LogP contribution in [0.5, 0.6) is 0 Å². The zero-order valence-corrected chi connectivity index (χ0v) is 14.2. The van der Waals surface area contributed by atoms with E-state index in [1.54, 1.807) is 0 Å². The molecule has 0 saturated heterocycles. The van der Waals surface area contributed by atoms with Crippen LogP contribution >= 0.6 is 0 Å². The molecule has 1 amide bonds. The number of carbonyl (C=O) groups is 1. The van der Waals surface area contributed by atoms with Crippen molar-refractivity contribution in [2.45, 2.75) is 47.1 Å². The lowest BCUT2D eigenvalue weighted by atomic mass is 9.99. The van der Waals surface area contributed by atoms with Crippen LogP contribution in [0, 0.1) is 27.7 Å². The number of nitrogens with one attached hydrogen (secondary N) is 1. The van der Waals surface area contributed by atoms with Crippen LogP contribution in [0.15, 0.2) is 36.4 Å². The Labute approximate surface area is 133 Å². The van der Waals surface area contributed by atoms with Gasteiger partial charge in [0.2, 0.25) is 5.91 Å². The summed E-state index contributed by atoms with van der Waals surface area (Å²) in [5, 5.41) is 3.10. The van der Waals surface area contributed by atoms with Gasteiger partial charge in [0.15, 0.2) is 0 Å². The second-order valence-corrected chi connectivity index (χ2v) is 6.24. The second-order valence-electron chi connectivity index (χ2n) is 6.24. The van der Waals surface area contributed by atoms with E-state index in [1.165, 1.54) is 27.8 Å². The van der Waals surface area contributed by atoms with Gasteiger partial charge in [0.1, 0.15) is 0 Å². The monoisotopic (exact) mass is 295 g/mol. The largest absolute Gasteiger partial charge is 0.349 e. The second kappa shape index (κ2) is 6.78. The maximum absolute atomic E-state index is 12.3. The highest BCUT2D eigenvalue weighted by Gasteiger charge is 2.12. The van der Waals surface area contributed by atoms with Crippen LogP contribution in [0.4, 0.5) is 0 Å². The van der Waals surface area contributed by atoms with Gasteiger partial charge in [0, 0.05) is 0 Å². The first-order valence-electron chi connectivity index (χ1n) is 7.79. The van der Waals surface area contributed by atoms with E-state index >= 15 is 0 Å². The van der Waals surface area contributed by atoms with Gasteiger partial charge in [0.25, 0.3) is 0 Å². The summed E-state index contributed by atoms with van der Waals surface area (Å²) >= 11 is 0. The number of rotatable bonds is 4. The molecule has 0 saturated carbocycles. The third-order valence-corrected chi connectivity index (χ3v) is 4.21. The molecule has 1 N–H and O–H groups in total. The first-order chi connectivity index (χ1) is 10.4. The smallest absolute Gasteiger partial charge is 0.224 e. The highest BCUT2D eigenvalue weighted by atomic mass is 16.1. The Kier molecular flexibility index (Phi) is 5.02. The van der Waals surface area contributed by atoms with Gasteiger partial charge in [0.05, 0.1) is 12.5 Å². The van der Waals surface area contributed by atoms with Crippen molar-refractivity contribution in [2.24, 2.45) is 0 Å². The summed E-state index contributed by atoms with van der Waals surface area (Å²) in [5.74, 6) is 0.0655. The van der Waals surface area contributed by atoms with Gasteiger partial charge < -0.3 is 5.32 Å². The van der Waals surface area contributed by atoms with Crippen LogP contribution in [-0.2, 0) is 11.2 Å². The molecular weight excluding hydrogens is 270 g/mol. The molecule has 0 aromatic heterocycles. The summed E-state index contributed by atoms with van der Waals surface area (Å²) in [4.78, 5) is 12.3. The van der Waals surface area contributed by atoms with Crippen molar-refractivity contribution in [3.05, 3.63) is 69.8 Å². The van der Waals surface area contributed by atoms with Crippen molar-refractivity contribution in [3.8, 4) is 0 Å². The Bertz CT molecular complexity index is 688. The third-order valence-electron chi connectivity index (χ3n) is 4.21. The lowest BCUT2D eigenvalue weighted by molar-refractivity contribution is -0.121. The van der Waals surface area contributed by atoms with E-state index in [2.05, 4.69) is 63.3 Å². The summed E-state index contributed by atoms with van der Waals surface area (Å²) in [6, 6.07) is 12.6. The van der Waals surface area contributed by atoms with E-state index < -0.39 is 0 Å². The average Bonchev–Trinajstić information content (AvgIpc) is 2.42. The van der Waals surface area contributed by atoms with Crippen molar-refractivity contribution in [3.63, 3.8) is 0 Å². The molecule has 0 bridgehead atoms. The predicted molar refractivity (Wildman–Crippen MR) is 92.1 cm³/mol. The zero-order valence-electron chi connectivity index (χ0n) is 14.2. The van der Waals surface area contributed by atoms with Crippen molar-refractivity contribution in [2.75, 3.05) is 0 Å². The number of amides is 1. The van der Waals surface area contributed by atoms with Crippen LogP contribution in [0.3, 0.4) is 0 Å². The topological polar surface area (TPSA) is 29.1 Å². The van der Waals surface area contributed by atoms with Crippen molar-refractivity contribution >= 4 is 5.91 Å². The third kappa shape index (κ3) is 3.97. The molecule has 0 spiro atoms. The molecule has 2 aromatic rings. The van der Waals surface area contributed by atoms with Crippen LogP contribution in [0.2, 0.25) is 0 Å². The average molecular weight is 295 g/mol. The SMILES string of the molecule is Cc1ccc(C(C)NC(=O)Cc2ccc(C)c(C)c2)c(C)c1. The fourth-order valence-corrected chi connectivity index (χ4v) is 2.78. The Hall–Kier alpha value is -2.09. The molecule has 0 fully saturated rings. The van der Waals surface area contributed by atoms with E-state index in [4.69, 9.17) is 0 Å². The standard InChI is InChI=1S/C20H25NO/c1-13-6-9-19(16(4)10-13)17(5)21-20(22)12-18-8-7-14(2)15(3)11-18/h6-11,17H,12H2,1-5H3,(H,21,22). The normalized spacial score (nSPS) is 12.0. The number of carbonyl (C=O) groups excluding carboxylic acids is 1. The van der Waals surface area contributed by atoms with E-state index in [-0.39, 0.29) is 11.9 Å². The lowest BCUT2D eigenvalue weighted by Gasteiger charge is -2.17. The predicted octanol–water partition coefficient (Wildman–Crippen LogP) is 4.34. The molecule has 2 rings (SSSR count). The number of hydrogen-bond acceptors (Lipinski definition) is 1. The molecule has 0 aliphatic carbocycles. The van der Waals surface area contributed by atoms with Gasteiger partial charge in [-0.15, -0.1) is 0 Å². The van der Waals surface area contributed by atoms with E-state index in [0.717, 1.165) is 5.56 Å². The molecule has 0 radical (unpaired) electrons. The van der Waals surface area contributed by atoms with Crippen LogP contribution < -0.4 is 5.32 Å². The van der Waals surface area contributed by atoms with Crippen LogP contribution in [-0.4, -0.2) is 5.91 Å². The van der Waals surface area contributed by atoms with Gasteiger partial charge in [-0.25, -0.2) is 0 Å². The summed E-state index contributed by atoms with van der Waals surface area (Å²) in [6.45, 7) is 10.4. The number of hydrogen-bond donors (Lipinski definition) is 1. The molecule has 2 aromatic carbocycles. The quantitative estimate of drug-likeness (QED) is 0.893. The highest BCUT2D eigenvalue weighted by molar-refractivity contribution is 5.79. The van der Waals surface area contributed by atoms with Crippen molar-refractivity contribution < 1.29 is 4.79 Å². The fraction of sp³-hybridized carbons (Fsp3) is 0.350. The summed E-state index contributed by atoms with van der Waals surface area (Å²) < 4.78 is 0. The minimum atomic E-state index is 0.0274. The van der Waals surface area contributed by atoms with Crippen molar-refractivity contribution in [1.82, 2.24) is 5.32 Å². The Balaban J connectivity index is 2.03. The molecule has 0 heterocycles. The highest BCUT2D eigenvalue weighted by Crippen LogP contribution is 2.19. The zero-order chi connectivity index (χ0) is 16.3. The maximum atomic E-state index is 12.3. The summed E-state index contributed by atoms with van der Waals surface area (Å²) in [7, 11) is 0. The first-order valence-corrected chi connectivity index (χ1v) is 7.79. The Morgan fingerprint density at radius 2 is 1.68 bits per heavy atom. The number of benzene rings is 2. The van der Waals surface area contributed by atoms with Gasteiger partial charge in [-0.1, -0.05) is 42.0 Å². The molecular formula is C20H25NO. The summed E-state index contributed by atoms with van der Waals surface area (Å²) in [6.07, 6.45) is 0.427. The van der Waals surface area contributed by atoms with Crippen LogP contribution in [0.25, 0.3) is 0 Å². The molecule has 1 unspecified atom stereocenters. The van der Waals surface area contributed by atoms with E-state index in [1.807, 2.05) is 13.0 Å². The molecule has 116 valence electrons. The fourth-order valence-electron chi connectivity index (χ4n) is 2.78. The molecule has 1 atom stereocenters. The van der Waals surface area contributed by atoms with Crippen molar-refractivity contribution in [1.29, 1.82) is 0 Å². The minimum absolute atomic E-state index is 0.0274. The lowest BCUT2D eigenvalue weighted by Crippen LogP contribution is -2.28. The van der Waals surface area contributed by atoms with Gasteiger partial charge in [-0.3, -0.25) is 4.79 Å². The molecule has 0 aliphatic heterocycles. The van der Waals surface area contributed by atoms with E-state index in [0.29, 0.717) is 6.42 Å². The Morgan fingerprint density at radius 1 is 0.955 bits per heavy atom.